The van der Waals surface area contributed by atoms with E-state index in [0.29, 0.717) is 5.82 Å². The zero-order valence-electron chi connectivity index (χ0n) is 7.48. The fraction of sp³-hybridized carbons (Fsp3) is 0. The average Bonchev–Trinajstić information content (AvgIpc) is 2.66. The minimum atomic E-state index is -0.723. The lowest BCUT2D eigenvalue weighted by atomic mass is 10.2. The topological polar surface area (TPSA) is 82.0 Å². The van der Waals surface area contributed by atoms with Crippen LogP contribution in [-0.4, -0.2) is 16.0 Å². The Balaban J connectivity index is 2.41. The first-order valence-corrected chi connectivity index (χ1v) is 5.14. The summed E-state index contributed by atoms with van der Waals surface area (Å²) in [6.07, 6.45) is 0. The van der Waals surface area contributed by atoms with Crippen molar-refractivity contribution in [2.75, 3.05) is 0 Å². The third-order valence-electron chi connectivity index (χ3n) is 1.72. The number of benzene rings is 1. The smallest absolute Gasteiger partial charge is 0.316 e. The number of nitrogens with zero attached hydrogens (tertiary/aromatic N) is 2. The van der Waals surface area contributed by atoms with Crippen LogP contribution >= 0.6 is 22.6 Å². The van der Waals surface area contributed by atoms with Crippen molar-refractivity contribution in [2.45, 2.75) is 0 Å². The van der Waals surface area contributed by atoms with E-state index in [1.807, 2.05) is 24.3 Å². The van der Waals surface area contributed by atoms with Crippen LogP contribution in [0.3, 0.4) is 0 Å². The van der Waals surface area contributed by atoms with Gasteiger partial charge in [-0.15, -0.1) is 0 Å². The number of nitrogens with two attached hydrogens (primary N) is 1. The molecule has 0 saturated heterocycles. The summed E-state index contributed by atoms with van der Waals surface area (Å²) in [5.41, 5.74) is 5.79. The molecule has 0 saturated carbocycles. The van der Waals surface area contributed by atoms with Crippen LogP contribution < -0.4 is 5.73 Å². The molecule has 15 heavy (non-hydrogen) atoms. The molecular formula is C9H6IN3O2. The van der Waals surface area contributed by atoms with Gasteiger partial charge in [-0.3, -0.25) is 4.79 Å². The predicted octanol–water partition coefficient (Wildman–Crippen LogP) is 1.44. The fourth-order valence-electron chi connectivity index (χ4n) is 1.07. The van der Waals surface area contributed by atoms with E-state index in [2.05, 4.69) is 37.3 Å². The van der Waals surface area contributed by atoms with Gasteiger partial charge in [0.05, 0.1) is 0 Å². The number of carbonyl (C=O) groups excluding carboxylic acids is 1. The lowest BCUT2D eigenvalue weighted by Gasteiger charge is -1.93. The van der Waals surface area contributed by atoms with E-state index < -0.39 is 5.91 Å². The van der Waals surface area contributed by atoms with Gasteiger partial charge >= 0.3 is 11.8 Å². The van der Waals surface area contributed by atoms with Gasteiger partial charge in [0.15, 0.2) is 0 Å². The van der Waals surface area contributed by atoms with Crippen LogP contribution in [-0.2, 0) is 0 Å². The molecule has 1 aromatic heterocycles. The standard InChI is InChI=1S/C9H6IN3O2/c10-6-3-1-2-5(4-6)8-12-9(7(11)14)15-13-8/h1-4H,(H2,11,14). The lowest BCUT2D eigenvalue weighted by Crippen LogP contribution is -2.10. The zero-order valence-corrected chi connectivity index (χ0v) is 9.63. The largest absolute Gasteiger partial charge is 0.361 e. The highest BCUT2D eigenvalue weighted by Gasteiger charge is 2.12. The fourth-order valence-corrected chi connectivity index (χ4v) is 1.61. The van der Waals surface area contributed by atoms with Crippen molar-refractivity contribution in [1.82, 2.24) is 10.1 Å². The van der Waals surface area contributed by atoms with Crippen molar-refractivity contribution in [1.29, 1.82) is 0 Å². The van der Waals surface area contributed by atoms with E-state index in [-0.39, 0.29) is 5.89 Å². The summed E-state index contributed by atoms with van der Waals surface area (Å²) in [7, 11) is 0. The van der Waals surface area contributed by atoms with E-state index in [0.717, 1.165) is 9.13 Å². The molecule has 0 radical (unpaired) electrons. The highest BCUT2D eigenvalue weighted by Crippen LogP contribution is 2.17. The number of halogens is 1. The number of amides is 1. The van der Waals surface area contributed by atoms with Crippen molar-refractivity contribution in [3.8, 4) is 11.4 Å². The Kier molecular flexibility index (Phi) is 2.67. The molecule has 1 amide bonds. The number of primary amides is 1. The van der Waals surface area contributed by atoms with Crippen LogP contribution in [0, 0.1) is 3.57 Å². The number of aromatic nitrogens is 2. The molecule has 0 aliphatic carbocycles. The van der Waals surface area contributed by atoms with Gasteiger partial charge in [0.25, 0.3) is 0 Å². The van der Waals surface area contributed by atoms with Crippen LogP contribution in [0.2, 0.25) is 0 Å². The molecule has 1 aromatic carbocycles. The second kappa shape index (κ2) is 3.97. The SMILES string of the molecule is NC(=O)c1nc(-c2cccc(I)c2)no1. The zero-order chi connectivity index (χ0) is 10.8. The monoisotopic (exact) mass is 315 g/mol. The van der Waals surface area contributed by atoms with Crippen molar-refractivity contribution in [3.05, 3.63) is 33.7 Å². The maximum absolute atomic E-state index is 10.7. The Labute approximate surface area is 98.8 Å². The van der Waals surface area contributed by atoms with Gasteiger partial charge in [0, 0.05) is 9.13 Å². The molecule has 2 rings (SSSR count). The van der Waals surface area contributed by atoms with E-state index in [1.54, 1.807) is 0 Å². The molecular weight excluding hydrogens is 309 g/mol. The minimum absolute atomic E-state index is 0.177. The second-order valence-corrected chi connectivity index (χ2v) is 4.04. The van der Waals surface area contributed by atoms with Crippen LogP contribution in [0.5, 0.6) is 0 Å². The molecule has 0 atom stereocenters. The normalized spacial score (nSPS) is 10.2. The van der Waals surface area contributed by atoms with E-state index >= 15 is 0 Å². The Morgan fingerprint density at radius 3 is 2.87 bits per heavy atom. The summed E-state index contributed by atoms with van der Waals surface area (Å²) in [6.45, 7) is 0. The lowest BCUT2D eigenvalue weighted by molar-refractivity contribution is 0.0958. The van der Waals surface area contributed by atoms with Gasteiger partial charge in [-0.2, -0.15) is 4.98 Å². The molecule has 0 aliphatic rings. The molecule has 0 bridgehead atoms. The third kappa shape index (κ3) is 2.14. The summed E-state index contributed by atoms with van der Waals surface area (Å²) >= 11 is 2.17. The summed E-state index contributed by atoms with van der Waals surface area (Å²) in [5.74, 6) is -0.537. The Bertz CT molecular complexity index is 510. The van der Waals surface area contributed by atoms with E-state index in [9.17, 15) is 4.79 Å². The first-order chi connectivity index (χ1) is 7.16. The molecule has 1 heterocycles. The average molecular weight is 315 g/mol. The van der Waals surface area contributed by atoms with Gasteiger partial charge in [-0.05, 0) is 34.7 Å². The molecule has 0 unspecified atom stereocenters. The third-order valence-corrected chi connectivity index (χ3v) is 2.39. The highest BCUT2D eigenvalue weighted by atomic mass is 127. The van der Waals surface area contributed by atoms with Crippen LogP contribution in [0.4, 0.5) is 0 Å². The molecule has 0 fully saturated rings. The van der Waals surface area contributed by atoms with Crippen molar-refractivity contribution in [3.63, 3.8) is 0 Å². The van der Waals surface area contributed by atoms with Crippen molar-refractivity contribution < 1.29 is 9.32 Å². The van der Waals surface area contributed by atoms with Crippen LogP contribution in [0.25, 0.3) is 11.4 Å². The summed E-state index contributed by atoms with van der Waals surface area (Å²) in [6, 6.07) is 7.53. The quantitative estimate of drug-likeness (QED) is 0.850. The van der Waals surface area contributed by atoms with Gasteiger partial charge in [0.2, 0.25) is 5.82 Å². The van der Waals surface area contributed by atoms with Crippen LogP contribution in [0.1, 0.15) is 10.7 Å². The second-order valence-electron chi connectivity index (χ2n) is 2.80. The number of carbonyl (C=O) groups is 1. The Hall–Kier alpha value is -1.44. The first kappa shape index (κ1) is 10.1. The maximum Gasteiger partial charge on any atom is 0.316 e. The summed E-state index contributed by atoms with van der Waals surface area (Å²) < 4.78 is 5.73. The predicted molar refractivity (Wildman–Crippen MR) is 61.0 cm³/mol. The Morgan fingerprint density at radius 1 is 1.47 bits per heavy atom. The van der Waals surface area contributed by atoms with E-state index in [1.165, 1.54) is 0 Å². The number of hydrogen-bond donors (Lipinski definition) is 1. The number of hydrogen-bond acceptors (Lipinski definition) is 4. The number of rotatable bonds is 2. The molecule has 5 nitrogen and oxygen atoms in total. The molecule has 2 N–H and O–H groups in total. The molecule has 2 aromatic rings. The molecule has 0 aliphatic heterocycles. The molecule has 0 spiro atoms. The minimum Gasteiger partial charge on any atom is -0.361 e. The molecule has 76 valence electrons. The first-order valence-electron chi connectivity index (χ1n) is 4.06. The summed E-state index contributed by atoms with van der Waals surface area (Å²) in [4.78, 5) is 14.6. The van der Waals surface area contributed by atoms with Gasteiger partial charge in [-0.1, -0.05) is 17.3 Å². The van der Waals surface area contributed by atoms with Gasteiger partial charge in [0.1, 0.15) is 0 Å². The van der Waals surface area contributed by atoms with Crippen molar-refractivity contribution >= 4 is 28.5 Å². The van der Waals surface area contributed by atoms with Gasteiger partial charge in [-0.25, -0.2) is 0 Å². The van der Waals surface area contributed by atoms with Crippen molar-refractivity contribution in [2.24, 2.45) is 5.73 Å². The van der Waals surface area contributed by atoms with E-state index in [4.69, 9.17) is 5.73 Å². The summed E-state index contributed by atoms with van der Waals surface area (Å²) in [5, 5.41) is 3.66. The van der Waals surface area contributed by atoms with Crippen LogP contribution in [0.15, 0.2) is 28.8 Å². The molecule has 6 heteroatoms. The van der Waals surface area contributed by atoms with Gasteiger partial charge < -0.3 is 10.3 Å². The Morgan fingerprint density at radius 2 is 2.27 bits per heavy atom. The highest BCUT2D eigenvalue weighted by molar-refractivity contribution is 14.1. The maximum atomic E-state index is 10.7.